The first-order valence-electron chi connectivity index (χ1n) is 8.22. The highest BCUT2D eigenvalue weighted by Crippen LogP contribution is 2.21. The number of hydrogen-bond donors (Lipinski definition) is 0. The molecule has 0 atom stereocenters. The third-order valence-electron chi connectivity index (χ3n) is 3.95. The van der Waals surface area contributed by atoms with Crippen molar-refractivity contribution in [3.8, 4) is 11.8 Å². The summed E-state index contributed by atoms with van der Waals surface area (Å²) in [5.74, 6) is 0.0464. The molecule has 3 heteroatoms. The molecule has 126 valence electrons. The maximum Gasteiger partial charge on any atom is 0.343 e. The molecule has 0 saturated carbocycles. The molecule has 0 heterocycles. The van der Waals surface area contributed by atoms with Crippen LogP contribution in [-0.4, -0.2) is 5.97 Å². The topological polar surface area (TPSA) is 50.1 Å². The summed E-state index contributed by atoms with van der Waals surface area (Å²) in [6.45, 7) is 1.87. The average molecular weight is 339 g/mol. The number of aryl methyl sites for hydroxylation is 1. The average Bonchev–Trinajstić information content (AvgIpc) is 2.67. The van der Waals surface area contributed by atoms with Crippen molar-refractivity contribution in [2.75, 3.05) is 0 Å². The Hall–Kier alpha value is -3.64. The predicted molar refractivity (Wildman–Crippen MR) is 103 cm³/mol. The van der Waals surface area contributed by atoms with Crippen LogP contribution in [0.3, 0.4) is 0 Å². The van der Waals surface area contributed by atoms with Gasteiger partial charge in [-0.15, -0.1) is 0 Å². The fraction of sp³-hybridized carbons (Fsp3) is 0.0435. The Bertz CT molecular complexity index is 998. The van der Waals surface area contributed by atoms with Gasteiger partial charge in [-0.3, -0.25) is 0 Å². The Labute approximate surface area is 152 Å². The quantitative estimate of drug-likeness (QED) is 0.281. The molecule has 3 nitrogen and oxygen atoms in total. The van der Waals surface area contributed by atoms with E-state index in [1.165, 1.54) is 0 Å². The minimum atomic E-state index is -0.396. The third-order valence-corrected chi connectivity index (χ3v) is 3.95. The van der Waals surface area contributed by atoms with Crippen LogP contribution in [0.2, 0.25) is 0 Å². The second-order valence-corrected chi connectivity index (χ2v) is 5.81. The fourth-order valence-electron chi connectivity index (χ4n) is 2.60. The summed E-state index contributed by atoms with van der Waals surface area (Å²) in [5.41, 5.74) is 3.59. The van der Waals surface area contributed by atoms with E-state index in [0.717, 1.165) is 16.7 Å². The van der Waals surface area contributed by atoms with Crippen molar-refractivity contribution in [3.05, 3.63) is 101 Å². The van der Waals surface area contributed by atoms with E-state index in [1.54, 1.807) is 30.3 Å². The van der Waals surface area contributed by atoms with Crippen molar-refractivity contribution in [1.29, 1.82) is 5.26 Å². The van der Waals surface area contributed by atoms with Crippen molar-refractivity contribution in [2.24, 2.45) is 0 Å². The number of carbonyl (C=O) groups is 1. The van der Waals surface area contributed by atoms with Crippen molar-refractivity contribution >= 4 is 17.6 Å². The first kappa shape index (κ1) is 17.2. The lowest BCUT2D eigenvalue weighted by Crippen LogP contribution is -2.10. The van der Waals surface area contributed by atoms with Gasteiger partial charge in [0.25, 0.3) is 0 Å². The number of carbonyl (C=O) groups excluding carboxylic acids is 1. The summed E-state index contributed by atoms with van der Waals surface area (Å²) in [7, 11) is 0. The van der Waals surface area contributed by atoms with Crippen molar-refractivity contribution in [2.45, 2.75) is 6.92 Å². The lowest BCUT2D eigenvalue weighted by molar-refractivity contribution is 0.0734. The van der Waals surface area contributed by atoms with Crippen molar-refractivity contribution in [3.63, 3.8) is 0 Å². The van der Waals surface area contributed by atoms with Crippen LogP contribution in [0.25, 0.3) is 11.6 Å². The zero-order valence-corrected chi connectivity index (χ0v) is 14.3. The lowest BCUT2D eigenvalue weighted by Gasteiger charge is -2.07. The highest BCUT2D eigenvalue weighted by molar-refractivity contribution is 5.93. The van der Waals surface area contributed by atoms with E-state index < -0.39 is 5.97 Å². The van der Waals surface area contributed by atoms with E-state index in [2.05, 4.69) is 6.07 Å². The molecular formula is C23H17NO2. The fourth-order valence-corrected chi connectivity index (χ4v) is 2.60. The normalized spacial score (nSPS) is 10.8. The van der Waals surface area contributed by atoms with Crippen molar-refractivity contribution < 1.29 is 9.53 Å². The van der Waals surface area contributed by atoms with Crippen molar-refractivity contribution in [1.82, 2.24) is 0 Å². The number of benzene rings is 3. The van der Waals surface area contributed by atoms with Gasteiger partial charge in [0.1, 0.15) is 5.75 Å². The van der Waals surface area contributed by atoms with Gasteiger partial charge in [0.05, 0.1) is 17.2 Å². The van der Waals surface area contributed by atoms with Crippen LogP contribution in [0.15, 0.2) is 78.9 Å². The molecule has 0 N–H and O–H groups in total. The molecule has 0 fully saturated rings. The van der Waals surface area contributed by atoms with Gasteiger partial charge in [-0.25, -0.2) is 4.79 Å². The van der Waals surface area contributed by atoms with E-state index in [1.807, 2.05) is 61.5 Å². The first-order chi connectivity index (χ1) is 12.7. The predicted octanol–water partition coefficient (Wildman–Crippen LogP) is 5.28. The Balaban J connectivity index is 1.85. The van der Waals surface area contributed by atoms with Crippen LogP contribution in [0.4, 0.5) is 0 Å². The molecule has 0 saturated heterocycles. The molecule has 0 amide bonds. The molecule has 3 rings (SSSR count). The van der Waals surface area contributed by atoms with E-state index in [9.17, 15) is 10.1 Å². The SMILES string of the molecule is Cc1ccccc1C(=O)Oc1cccc(/C=C(/C#N)c2ccccc2)c1. The van der Waals surface area contributed by atoms with Crippen LogP contribution < -0.4 is 4.74 Å². The zero-order chi connectivity index (χ0) is 18.4. The van der Waals surface area contributed by atoms with Gasteiger partial charge in [-0.2, -0.15) is 5.26 Å². The molecule has 0 bridgehead atoms. The number of nitrogens with zero attached hydrogens (tertiary/aromatic N) is 1. The smallest absolute Gasteiger partial charge is 0.343 e. The monoisotopic (exact) mass is 339 g/mol. The highest BCUT2D eigenvalue weighted by atomic mass is 16.5. The maximum atomic E-state index is 12.4. The van der Waals surface area contributed by atoms with E-state index in [4.69, 9.17) is 4.74 Å². The molecule has 26 heavy (non-hydrogen) atoms. The number of ether oxygens (including phenoxy) is 1. The van der Waals surface area contributed by atoms with Crippen LogP contribution in [-0.2, 0) is 0 Å². The summed E-state index contributed by atoms with van der Waals surface area (Å²) >= 11 is 0. The Morgan fingerprint density at radius 3 is 2.42 bits per heavy atom. The molecule has 0 aliphatic heterocycles. The molecule has 0 radical (unpaired) electrons. The highest BCUT2D eigenvalue weighted by Gasteiger charge is 2.11. The van der Waals surface area contributed by atoms with Crippen LogP contribution in [0.5, 0.6) is 5.75 Å². The molecule has 3 aromatic rings. The van der Waals surface area contributed by atoms with Gasteiger partial charge >= 0.3 is 5.97 Å². The molecule has 0 unspecified atom stereocenters. The minimum Gasteiger partial charge on any atom is -0.423 e. The second kappa shape index (κ2) is 7.96. The Morgan fingerprint density at radius 2 is 1.69 bits per heavy atom. The lowest BCUT2D eigenvalue weighted by atomic mass is 10.0. The Morgan fingerprint density at radius 1 is 0.962 bits per heavy atom. The number of esters is 1. The molecular weight excluding hydrogens is 322 g/mol. The molecule has 3 aromatic carbocycles. The van der Waals surface area contributed by atoms with E-state index in [-0.39, 0.29) is 0 Å². The molecule has 0 aliphatic rings. The standard InChI is InChI=1S/C23H17NO2/c1-17-8-5-6-13-22(17)23(25)26-21-12-7-9-18(15-21)14-20(16-24)19-10-3-2-4-11-19/h2-15H,1H3/b20-14-. The summed E-state index contributed by atoms with van der Waals surface area (Å²) < 4.78 is 5.49. The Kier molecular flexibility index (Phi) is 5.26. The van der Waals surface area contributed by atoms with Crippen LogP contribution >= 0.6 is 0 Å². The van der Waals surface area contributed by atoms with Crippen LogP contribution in [0.1, 0.15) is 27.0 Å². The summed E-state index contributed by atoms with van der Waals surface area (Å²) in [6, 6.07) is 26.1. The van der Waals surface area contributed by atoms with Gasteiger partial charge in [0.15, 0.2) is 0 Å². The maximum absolute atomic E-state index is 12.4. The van der Waals surface area contributed by atoms with Gasteiger partial charge in [-0.05, 0) is 47.9 Å². The van der Waals surface area contributed by atoms with Gasteiger partial charge in [0.2, 0.25) is 0 Å². The molecule has 0 aromatic heterocycles. The van der Waals surface area contributed by atoms with E-state index >= 15 is 0 Å². The summed E-state index contributed by atoms with van der Waals surface area (Å²) in [4.78, 5) is 12.4. The van der Waals surface area contributed by atoms with Gasteiger partial charge in [-0.1, -0.05) is 60.7 Å². The third kappa shape index (κ3) is 4.06. The number of hydrogen-bond acceptors (Lipinski definition) is 3. The summed E-state index contributed by atoms with van der Waals surface area (Å²) in [6.07, 6.45) is 1.78. The first-order valence-corrected chi connectivity index (χ1v) is 8.22. The second-order valence-electron chi connectivity index (χ2n) is 5.81. The van der Waals surface area contributed by atoms with Gasteiger partial charge in [0, 0.05) is 0 Å². The van der Waals surface area contributed by atoms with Gasteiger partial charge < -0.3 is 4.74 Å². The summed E-state index contributed by atoms with van der Waals surface area (Å²) in [5, 5.41) is 9.43. The number of allylic oxidation sites excluding steroid dienone is 1. The zero-order valence-electron chi connectivity index (χ0n) is 14.3. The molecule has 0 aliphatic carbocycles. The number of nitriles is 1. The largest absolute Gasteiger partial charge is 0.423 e. The van der Waals surface area contributed by atoms with E-state index in [0.29, 0.717) is 16.9 Å². The number of rotatable bonds is 4. The molecule has 0 spiro atoms. The van der Waals surface area contributed by atoms with Crippen LogP contribution in [0, 0.1) is 18.3 Å². The minimum absolute atomic E-state index is 0.396.